The van der Waals surface area contributed by atoms with Gasteiger partial charge in [-0.25, -0.2) is 0 Å². The predicted octanol–water partition coefficient (Wildman–Crippen LogP) is 2.51. The number of fused-ring (bicyclic) bond motifs is 1. The Labute approximate surface area is 81.9 Å². The second-order valence-electron chi connectivity index (χ2n) is 3.22. The Morgan fingerprint density at radius 1 is 1.54 bits per heavy atom. The van der Waals surface area contributed by atoms with Crippen LogP contribution in [0.4, 0.5) is 5.69 Å². The third-order valence-corrected chi connectivity index (χ3v) is 2.59. The Morgan fingerprint density at radius 3 is 3.00 bits per heavy atom. The Balaban J connectivity index is 2.55. The van der Waals surface area contributed by atoms with Gasteiger partial charge in [0.2, 0.25) is 0 Å². The van der Waals surface area contributed by atoms with Crippen LogP contribution in [0.3, 0.4) is 0 Å². The van der Waals surface area contributed by atoms with E-state index in [1.165, 1.54) is 12.5 Å². The zero-order chi connectivity index (χ0) is 9.42. The number of ketones is 1. The quantitative estimate of drug-likeness (QED) is 0.698. The van der Waals surface area contributed by atoms with Gasteiger partial charge >= 0.3 is 0 Å². The summed E-state index contributed by atoms with van der Waals surface area (Å²) in [6.07, 6.45) is 0.993. The molecule has 13 heavy (non-hydrogen) atoms. The molecule has 1 aromatic rings. The summed E-state index contributed by atoms with van der Waals surface area (Å²) in [5.74, 6) is 0.0153. The molecule has 0 amide bonds. The van der Waals surface area contributed by atoms with Crippen molar-refractivity contribution in [2.45, 2.75) is 13.3 Å². The molecule has 1 aliphatic heterocycles. The van der Waals surface area contributed by atoms with E-state index >= 15 is 0 Å². The fourth-order valence-electron chi connectivity index (χ4n) is 1.59. The Hall–Kier alpha value is -1.02. The fraction of sp³-hybridized carbons (Fsp3) is 0.300. The van der Waals surface area contributed by atoms with E-state index in [2.05, 4.69) is 5.32 Å². The van der Waals surface area contributed by atoms with Gasteiger partial charge in [0.15, 0.2) is 5.78 Å². The van der Waals surface area contributed by atoms with Crippen molar-refractivity contribution >= 4 is 23.1 Å². The van der Waals surface area contributed by atoms with Crippen LogP contribution in [-0.4, -0.2) is 12.3 Å². The second-order valence-corrected chi connectivity index (χ2v) is 3.63. The van der Waals surface area contributed by atoms with Crippen molar-refractivity contribution in [3.8, 4) is 0 Å². The van der Waals surface area contributed by atoms with Gasteiger partial charge in [-0.3, -0.25) is 4.79 Å². The molecule has 0 atom stereocenters. The van der Waals surface area contributed by atoms with E-state index in [1.807, 2.05) is 12.1 Å². The molecule has 0 aliphatic carbocycles. The van der Waals surface area contributed by atoms with Crippen LogP contribution < -0.4 is 5.32 Å². The van der Waals surface area contributed by atoms with Crippen molar-refractivity contribution in [1.82, 2.24) is 0 Å². The summed E-state index contributed by atoms with van der Waals surface area (Å²) in [5, 5.41) is 3.78. The molecule has 0 unspecified atom stereocenters. The highest BCUT2D eigenvalue weighted by Gasteiger charge is 2.14. The van der Waals surface area contributed by atoms with Crippen LogP contribution in [0.15, 0.2) is 12.1 Å². The molecular weight excluding hydrogens is 186 g/mol. The van der Waals surface area contributed by atoms with Gasteiger partial charge < -0.3 is 5.32 Å². The molecule has 1 heterocycles. The smallest absolute Gasteiger partial charge is 0.161 e. The molecular formula is C10H10ClNO. The number of halogens is 1. The van der Waals surface area contributed by atoms with Gasteiger partial charge in [0.05, 0.1) is 5.02 Å². The average molecular weight is 196 g/mol. The lowest BCUT2D eigenvalue weighted by Gasteiger charge is -2.04. The Bertz CT molecular complexity index is 373. The van der Waals surface area contributed by atoms with Crippen molar-refractivity contribution in [2.24, 2.45) is 0 Å². The van der Waals surface area contributed by atoms with Crippen LogP contribution in [0.25, 0.3) is 0 Å². The van der Waals surface area contributed by atoms with Crippen LogP contribution in [0.2, 0.25) is 5.02 Å². The zero-order valence-electron chi connectivity index (χ0n) is 7.36. The summed E-state index contributed by atoms with van der Waals surface area (Å²) >= 11 is 5.95. The number of nitrogens with one attached hydrogen (secondary N) is 1. The first kappa shape index (κ1) is 8.57. The maximum atomic E-state index is 11.2. The lowest BCUT2D eigenvalue weighted by atomic mass is 10.1. The van der Waals surface area contributed by atoms with Crippen LogP contribution in [0.5, 0.6) is 0 Å². The van der Waals surface area contributed by atoms with E-state index in [9.17, 15) is 4.79 Å². The summed E-state index contributed by atoms with van der Waals surface area (Å²) in [6, 6.07) is 3.72. The van der Waals surface area contributed by atoms with Gasteiger partial charge in [0.1, 0.15) is 0 Å². The molecule has 3 heteroatoms. The van der Waals surface area contributed by atoms with Crippen LogP contribution in [0.1, 0.15) is 22.8 Å². The number of benzene rings is 1. The molecule has 0 radical (unpaired) electrons. The van der Waals surface area contributed by atoms with E-state index in [-0.39, 0.29) is 5.78 Å². The van der Waals surface area contributed by atoms with Gasteiger partial charge in [-0.15, -0.1) is 0 Å². The number of carbonyl (C=O) groups excluding carboxylic acids is 1. The van der Waals surface area contributed by atoms with Gasteiger partial charge in [-0.05, 0) is 31.0 Å². The molecule has 0 spiro atoms. The lowest BCUT2D eigenvalue weighted by molar-refractivity contribution is 0.101. The lowest BCUT2D eigenvalue weighted by Crippen LogP contribution is -1.96. The van der Waals surface area contributed by atoms with Crippen molar-refractivity contribution in [3.05, 3.63) is 28.3 Å². The highest BCUT2D eigenvalue weighted by atomic mass is 35.5. The van der Waals surface area contributed by atoms with E-state index in [4.69, 9.17) is 11.6 Å². The number of carbonyl (C=O) groups is 1. The number of hydrogen-bond acceptors (Lipinski definition) is 2. The topological polar surface area (TPSA) is 29.1 Å². The predicted molar refractivity (Wildman–Crippen MR) is 53.7 cm³/mol. The molecule has 0 bridgehead atoms. The van der Waals surface area contributed by atoms with E-state index < -0.39 is 0 Å². The summed E-state index contributed by atoms with van der Waals surface area (Å²) < 4.78 is 0. The highest BCUT2D eigenvalue weighted by Crippen LogP contribution is 2.29. The fourth-order valence-corrected chi connectivity index (χ4v) is 1.91. The number of Topliss-reactive ketones (excluding diaryl/α,β-unsaturated/α-hetero) is 1. The molecule has 1 aromatic carbocycles. The zero-order valence-corrected chi connectivity index (χ0v) is 8.11. The number of anilines is 1. The summed E-state index contributed by atoms with van der Waals surface area (Å²) in [7, 11) is 0. The Morgan fingerprint density at radius 2 is 2.31 bits per heavy atom. The standard InChI is InChI=1S/C10H10ClNO/c1-6(13)8-5-10-7(2-3-12-10)4-9(8)11/h4-5,12H,2-3H2,1H3. The molecule has 0 saturated heterocycles. The normalized spacial score (nSPS) is 13.7. The van der Waals surface area contributed by atoms with Crippen molar-refractivity contribution < 1.29 is 4.79 Å². The minimum absolute atomic E-state index is 0.0153. The third-order valence-electron chi connectivity index (χ3n) is 2.28. The molecule has 0 aromatic heterocycles. The molecule has 1 aliphatic rings. The first-order chi connectivity index (χ1) is 6.18. The SMILES string of the molecule is CC(=O)c1cc2c(cc1Cl)CCN2. The minimum atomic E-state index is 0.0153. The maximum absolute atomic E-state index is 11.2. The monoisotopic (exact) mass is 195 g/mol. The average Bonchev–Trinajstić information content (AvgIpc) is 2.48. The van der Waals surface area contributed by atoms with E-state index in [1.54, 1.807) is 0 Å². The van der Waals surface area contributed by atoms with Crippen molar-refractivity contribution in [2.75, 3.05) is 11.9 Å². The second kappa shape index (κ2) is 3.04. The third kappa shape index (κ3) is 1.42. The van der Waals surface area contributed by atoms with Gasteiger partial charge in [0, 0.05) is 17.8 Å². The number of rotatable bonds is 1. The summed E-state index contributed by atoms with van der Waals surface area (Å²) in [5.41, 5.74) is 2.86. The van der Waals surface area contributed by atoms with Crippen molar-refractivity contribution in [3.63, 3.8) is 0 Å². The largest absolute Gasteiger partial charge is 0.384 e. The van der Waals surface area contributed by atoms with Gasteiger partial charge in [-0.2, -0.15) is 0 Å². The van der Waals surface area contributed by atoms with Crippen molar-refractivity contribution in [1.29, 1.82) is 0 Å². The Kier molecular flexibility index (Phi) is 2.00. The van der Waals surface area contributed by atoms with Crippen LogP contribution >= 0.6 is 11.6 Å². The van der Waals surface area contributed by atoms with Crippen LogP contribution in [0, 0.1) is 0 Å². The maximum Gasteiger partial charge on any atom is 0.161 e. The van der Waals surface area contributed by atoms with E-state index in [0.717, 1.165) is 18.7 Å². The van der Waals surface area contributed by atoms with E-state index in [0.29, 0.717) is 10.6 Å². The van der Waals surface area contributed by atoms with Gasteiger partial charge in [0.25, 0.3) is 0 Å². The molecule has 0 fully saturated rings. The number of hydrogen-bond donors (Lipinski definition) is 1. The summed E-state index contributed by atoms with van der Waals surface area (Å²) in [6.45, 7) is 2.47. The summed E-state index contributed by atoms with van der Waals surface area (Å²) in [4.78, 5) is 11.2. The van der Waals surface area contributed by atoms with Gasteiger partial charge in [-0.1, -0.05) is 11.6 Å². The minimum Gasteiger partial charge on any atom is -0.384 e. The molecule has 0 saturated carbocycles. The van der Waals surface area contributed by atoms with Crippen LogP contribution in [-0.2, 0) is 6.42 Å². The highest BCUT2D eigenvalue weighted by molar-refractivity contribution is 6.34. The molecule has 68 valence electrons. The first-order valence-electron chi connectivity index (χ1n) is 4.25. The molecule has 1 N–H and O–H groups in total. The molecule has 2 rings (SSSR count). The molecule has 2 nitrogen and oxygen atoms in total. The first-order valence-corrected chi connectivity index (χ1v) is 4.63.